The van der Waals surface area contributed by atoms with E-state index >= 15 is 0 Å². The number of benzene rings is 1. The van der Waals surface area contributed by atoms with Crippen molar-refractivity contribution in [3.05, 3.63) is 42.0 Å². The van der Waals surface area contributed by atoms with Gasteiger partial charge in [0.25, 0.3) is 0 Å². The molecule has 0 saturated carbocycles. The quantitative estimate of drug-likeness (QED) is 0.0768. The third-order valence-corrected chi connectivity index (χ3v) is 6.39. The summed E-state index contributed by atoms with van der Waals surface area (Å²) in [5.74, 6) is 0.00792. The fraction of sp³-hybridized carbons (Fsp3) is 0.667. The summed E-state index contributed by atoms with van der Waals surface area (Å²) in [5, 5.41) is 12.3. The van der Waals surface area contributed by atoms with E-state index in [4.69, 9.17) is 19.2 Å². The summed E-state index contributed by atoms with van der Waals surface area (Å²) >= 11 is 0. The summed E-state index contributed by atoms with van der Waals surface area (Å²) in [4.78, 5) is 39.7. The van der Waals surface area contributed by atoms with E-state index < -0.39 is 14.2 Å². The molecule has 0 spiro atoms. The van der Waals surface area contributed by atoms with E-state index in [2.05, 4.69) is 24.4 Å². The predicted molar refractivity (Wildman–Crippen MR) is 143 cm³/mol. The molecular formula is C27H47NO6P+. The van der Waals surface area contributed by atoms with Gasteiger partial charge in [-0.1, -0.05) is 82.6 Å². The Morgan fingerprint density at radius 2 is 1.43 bits per heavy atom. The van der Waals surface area contributed by atoms with Crippen LogP contribution in [0.5, 0.6) is 5.75 Å². The molecule has 200 valence electrons. The van der Waals surface area contributed by atoms with Gasteiger partial charge in [-0.3, -0.25) is 4.79 Å². The van der Waals surface area contributed by atoms with Gasteiger partial charge in [0, 0.05) is 6.42 Å². The van der Waals surface area contributed by atoms with Crippen LogP contribution in [0, 0.1) is 0 Å². The summed E-state index contributed by atoms with van der Waals surface area (Å²) < 4.78 is 4.73. The van der Waals surface area contributed by atoms with Crippen molar-refractivity contribution in [2.45, 2.75) is 109 Å². The Hall–Kier alpha value is -1.50. The first-order valence-electron chi connectivity index (χ1n) is 13.2. The summed E-state index contributed by atoms with van der Waals surface area (Å²) in [5.41, 5.74) is 0.843. The summed E-state index contributed by atoms with van der Waals surface area (Å²) in [6.45, 7) is 2.02. The molecule has 0 heterocycles. The maximum atomic E-state index is 12.4. The summed E-state index contributed by atoms with van der Waals surface area (Å²) in [7, 11) is -4.38. The Bertz CT molecular complexity index is 690. The molecule has 0 fully saturated rings. The van der Waals surface area contributed by atoms with Crippen LogP contribution in [0.1, 0.15) is 102 Å². The van der Waals surface area contributed by atoms with Crippen molar-refractivity contribution in [2.75, 3.05) is 6.61 Å². The Kier molecular flexibility index (Phi) is 17.7. The van der Waals surface area contributed by atoms with Crippen molar-refractivity contribution in [1.82, 2.24) is 5.32 Å². The number of phenolic OH excluding ortho intramolecular Hbond substituents is 1. The fourth-order valence-corrected chi connectivity index (χ4v) is 4.29. The van der Waals surface area contributed by atoms with E-state index in [0.717, 1.165) is 37.7 Å². The zero-order valence-electron chi connectivity index (χ0n) is 21.4. The largest absolute Gasteiger partial charge is 0.567 e. The van der Waals surface area contributed by atoms with Crippen LogP contribution in [0.2, 0.25) is 0 Å². The molecule has 8 heteroatoms. The maximum absolute atomic E-state index is 12.4. The van der Waals surface area contributed by atoms with Crippen LogP contribution in [-0.2, 0) is 15.7 Å². The Labute approximate surface area is 212 Å². The van der Waals surface area contributed by atoms with Crippen LogP contribution < -0.4 is 5.32 Å². The molecule has 7 nitrogen and oxygen atoms in total. The van der Waals surface area contributed by atoms with Gasteiger partial charge in [0.1, 0.15) is 12.4 Å². The molecule has 0 aliphatic heterocycles. The molecule has 1 aromatic carbocycles. The van der Waals surface area contributed by atoms with E-state index in [1.165, 1.54) is 51.4 Å². The fourth-order valence-electron chi connectivity index (χ4n) is 3.91. The van der Waals surface area contributed by atoms with Crippen molar-refractivity contribution < 1.29 is 29.1 Å². The van der Waals surface area contributed by atoms with Gasteiger partial charge in [-0.05, 0) is 56.2 Å². The average molecular weight is 513 g/mol. The number of hydrogen-bond donors (Lipinski definition) is 5. The van der Waals surface area contributed by atoms with Crippen LogP contribution >= 0.6 is 8.17 Å². The molecule has 0 saturated heterocycles. The standard InChI is InChI=1S/C27H46NO6P/c1-2-3-4-5-6-7-8-9-10-11-12-13-14-15-16-17-27(30)28-25(23-34-35(31,32)33)22-24-18-20-26(29)21-19-24/h9-10,18-21,25,31-33H,2-8,11-17,22-23H2,1H3,(H-,28,29,30)/p+1/b10-9-/t25-/m1/s1. The molecular weight excluding hydrogens is 465 g/mol. The van der Waals surface area contributed by atoms with Crippen molar-refractivity contribution in [2.24, 2.45) is 0 Å². The van der Waals surface area contributed by atoms with Gasteiger partial charge < -0.3 is 10.4 Å². The lowest BCUT2D eigenvalue weighted by Crippen LogP contribution is -2.39. The van der Waals surface area contributed by atoms with Gasteiger partial charge >= 0.3 is 8.17 Å². The van der Waals surface area contributed by atoms with Crippen LogP contribution in [0.4, 0.5) is 0 Å². The SMILES string of the molecule is CCCCCCCC/C=C\CCCCCCCC(=O)N[C@@H](CO[P+](O)(O)O)Cc1ccc(O)cc1. The second-order valence-corrected chi connectivity index (χ2v) is 10.6. The molecule has 0 bridgehead atoms. The smallest absolute Gasteiger partial charge is 0.508 e. The number of phenols is 1. The molecule has 0 aliphatic carbocycles. The number of allylic oxidation sites excluding steroid dienone is 2. The minimum Gasteiger partial charge on any atom is -0.508 e. The molecule has 0 aromatic heterocycles. The van der Waals surface area contributed by atoms with E-state index in [9.17, 15) is 9.90 Å². The summed E-state index contributed by atoms with van der Waals surface area (Å²) in [6.07, 6.45) is 21.0. The van der Waals surface area contributed by atoms with Crippen molar-refractivity contribution >= 4 is 14.1 Å². The molecule has 1 amide bonds. The highest BCUT2D eigenvalue weighted by atomic mass is 31.2. The highest BCUT2D eigenvalue weighted by Gasteiger charge is 2.34. The highest BCUT2D eigenvalue weighted by Crippen LogP contribution is 2.45. The molecule has 0 unspecified atom stereocenters. The molecule has 35 heavy (non-hydrogen) atoms. The number of rotatable bonds is 21. The van der Waals surface area contributed by atoms with E-state index in [1.807, 2.05) is 0 Å². The van der Waals surface area contributed by atoms with Crippen LogP contribution in [0.3, 0.4) is 0 Å². The van der Waals surface area contributed by atoms with Crippen molar-refractivity contribution in [1.29, 1.82) is 0 Å². The molecule has 1 atom stereocenters. The monoisotopic (exact) mass is 512 g/mol. The zero-order valence-corrected chi connectivity index (χ0v) is 22.3. The van der Waals surface area contributed by atoms with E-state index in [0.29, 0.717) is 12.8 Å². The topological polar surface area (TPSA) is 119 Å². The number of nitrogens with one attached hydrogen (secondary N) is 1. The predicted octanol–water partition coefficient (Wildman–Crippen LogP) is 6.13. The van der Waals surface area contributed by atoms with Gasteiger partial charge in [0.2, 0.25) is 5.91 Å². The molecule has 1 rings (SSSR count). The minimum absolute atomic E-state index is 0.132. The first-order chi connectivity index (χ1) is 16.8. The van der Waals surface area contributed by atoms with Crippen molar-refractivity contribution in [3.63, 3.8) is 0 Å². The van der Waals surface area contributed by atoms with Crippen molar-refractivity contribution in [3.8, 4) is 5.75 Å². The van der Waals surface area contributed by atoms with Gasteiger partial charge in [-0.15, -0.1) is 0 Å². The van der Waals surface area contributed by atoms with E-state index in [-0.39, 0.29) is 18.3 Å². The third kappa shape index (κ3) is 19.4. The lowest BCUT2D eigenvalue weighted by Gasteiger charge is -2.18. The number of amides is 1. The number of hydrogen-bond acceptors (Lipinski definition) is 6. The van der Waals surface area contributed by atoms with Crippen LogP contribution in [0.25, 0.3) is 0 Å². The third-order valence-electron chi connectivity index (χ3n) is 5.90. The number of aromatic hydroxyl groups is 1. The second kappa shape index (κ2) is 19.7. The molecule has 0 radical (unpaired) electrons. The molecule has 0 aliphatic rings. The lowest BCUT2D eigenvalue weighted by molar-refractivity contribution is -0.122. The van der Waals surface area contributed by atoms with Crippen LogP contribution in [-0.4, -0.2) is 38.3 Å². The number of carbonyl (C=O) groups excluding carboxylic acids is 1. The van der Waals surface area contributed by atoms with E-state index in [1.54, 1.807) is 24.3 Å². The number of carbonyl (C=O) groups is 1. The normalized spacial score (nSPS) is 12.8. The lowest BCUT2D eigenvalue weighted by atomic mass is 10.1. The maximum Gasteiger partial charge on any atom is 0.567 e. The molecule has 5 N–H and O–H groups in total. The van der Waals surface area contributed by atoms with Gasteiger partial charge in [-0.25, -0.2) is 0 Å². The van der Waals surface area contributed by atoms with Gasteiger partial charge in [0.05, 0.1) is 6.04 Å². The van der Waals surface area contributed by atoms with Crippen LogP contribution in [0.15, 0.2) is 36.4 Å². The second-order valence-electron chi connectivity index (χ2n) is 9.28. The zero-order chi connectivity index (χ0) is 25.8. The first-order valence-corrected chi connectivity index (χ1v) is 14.8. The Morgan fingerprint density at radius 3 is 2.00 bits per heavy atom. The first kappa shape index (κ1) is 31.5. The Balaban J connectivity index is 2.15. The molecule has 1 aromatic rings. The average Bonchev–Trinajstić information content (AvgIpc) is 2.81. The number of unbranched alkanes of at least 4 members (excludes halogenated alkanes) is 11. The van der Waals surface area contributed by atoms with Gasteiger partial charge in [0.15, 0.2) is 0 Å². The summed E-state index contributed by atoms with van der Waals surface area (Å²) in [6, 6.07) is 6.00. The highest BCUT2D eigenvalue weighted by molar-refractivity contribution is 7.53. The Morgan fingerprint density at radius 1 is 0.886 bits per heavy atom. The van der Waals surface area contributed by atoms with Gasteiger partial charge in [-0.2, -0.15) is 19.2 Å². The minimum atomic E-state index is -4.38.